The Hall–Kier alpha value is -0.890. The molecule has 1 N–H and O–H groups in total. The number of rotatable bonds is 4. The molecule has 1 nitrogen and oxygen atoms in total. The van der Waals surface area contributed by atoms with Crippen molar-refractivity contribution in [2.24, 2.45) is 5.92 Å². The molecule has 1 atom stereocenters. The molecule has 0 aliphatic heterocycles. The van der Waals surface area contributed by atoms with Gasteiger partial charge < -0.3 is 5.11 Å². The van der Waals surface area contributed by atoms with Crippen LogP contribution in [0.5, 0.6) is 0 Å². The number of aryl methyl sites for hydroxylation is 1. The zero-order valence-corrected chi connectivity index (χ0v) is 9.63. The SMILES string of the molecule is CCc1ccc(F)c(C(O)CC(C)C)c1. The average Bonchev–Trinajstić information content (AvgIpc) is 2.17. The molecule has 0 spiro atoms. The molecular weight excluding hydrogens is 191 g/mol. The van der Waals surface area contributed by atoms with E-state index in [9.17, 15) is 9.50 Å². The maximum Gasteiger partial charge on any atom is 0.129 e. The maximum atomic E-state index is 13.4. The molecule has 0 aliphatic carbocycles. The second-order valence-electron chi connectivity index (χ2n) is 4.35. The standard InChI is InChI=1S/C13H19FO/c1-4-10-5-6-12(14)11(8-10)13(15)7-9(2)3/h5-6,8-9,13,15H,4,7H2,1-3H3. The second-order valence-corrected chi connectivity index (χ2v) is 4.35. The highest BCUT2D eigenvalue weighted by molar-refractivity contribution is 5.26. The van der Waals surface area contributed by atoms with E-state index in [-0.39, 0.29) is 5.82 Å². The number of halogens is 1. The summed E-state index contributed by atoms with van der Waals surface area (Å²) in [4.78, 5) is 0. The van der Waals surface area contributed by atoms with E-state index in [1.54, 1.807) is 12.1 Å². The van der Waals surface area contributed by atoms with Crippen LogP contribution >= 0.6 is 0 Å². The van der Waals surface area contributed by atoms with Crippen molar-refractivity contribution in [1.29, 1.82) is 0 Å². The zero-order chi connectivity index (χ0) is 11.4. The third-order valence-electron chi connectivity index (χ3n) is 2.52. The Bertz CT molecular complexity index is 320. The predicted molar refractivity (Wildman–Crippen MR) is 60.2 cm³/mol. The van der Waals surface area contributed by atoms with Crippen LogP contribution in [0.3, 0.4) is 0 Å². The Morgan fingerprint density at radius 3 is 2.53 bits per heavy atom. The summed E-state index contributed by atoms with van der Waals surface area (Å²) in [6.07, 6.45) is 0.780. The largest absolute Gasteiger partial charge is 0.388 e. The van der Waals surface area contributed by atoms with Crippen molar-refractivity contribution in [2.75, 3.05) is 0 Å². The Balaban J connectivity index is 2.91. The summed E-state index contributed by atoms with van der Waals surface area (Å²) in [6.45, 7) is 6.06. The lowest BCUT2D eigenvalue weighted by Gasteiger charge is -2.15. The number of aliphatic hydroxyl groups is 1. The van der Waals surface area contributed by atoms with Gasteiger partial charge in [-0.3, -0.25) is 0 Å². The fourth-order valence-electron chi connectivity index (χ4n) is 1.64. The van der Waals surface area contributed by atoms with E-state index < -0.39 is 6.10 Å². The van der Waals surface area contributed by atoms with Gasteiger partial charge >= 0.3 is 0 Å². The molecule has 1 unspecified atom stereocenters. The lowest BCUT2D eigenvalue weighted by Crippen LogP contribution is -2.05. The van der Waals surface area contributed by atoms with Crippen molar-refractivity contribution < 1.29 is 9.50 Å². The molecule has 0 bridgehead atoms. The summed E-state index contributed by atoms with van der Waals surface area (Å²) in [7, 11) is 0. The van der Waals surface area contributed by atoms with Crippen molar-refractivity contribution in [1.82, 2.24) is 0 Å². The Labute approximate surface area is 90.9 Å². The van der Waals surface area contributed by atoms with E-state index in [0.29, 0.717) is 17.9 Å². The van der Waals surface area contributed by atoms with Crippen molar-refractivity contribution in [3.8, 4) is 0 Å². The summed E-state index contributed by atoms with van der Waals surface area (Å²) in [5.74, 6) is 0.0602. The maximum absolute atomic E-state index is 13.4. The van der Waals surface area contributed by atoms with E-state index in [0.717, 1.165) is 12.0 Å². The molecule has 0 aromatic heterocycles. The van der Waals surface area contributed by atoms with Gasteiger partial charge in [-0.1, -0.05) is 32.9 Å². The molecule has 0 saturated heterocycles. The molecule has 0 radical (unpaired) electrons. The Morgan fingerprint density at radius 2 is 2.00 bits per heavy atom. The third kappa shape index (κ3) is 3.31. The average molecular weight is 210 g/mol. The molecule has 1 rings (SSSR count). The highest BCUT2D eigenvalue weighted by atomic mass is 19.1. The minimum absolute atomic E-state index is 0.305. The van der Waals surface area contributed by atoms with E-state index >= 15 is 0 Å². The first-order valence-electron chi connectivity index (χ1n) is 5.51. The molecular formula is C13H19FO. The lowest BCUT2D eigenvalue weighted by atomic mass is 9.97. The van der Waals surface area contributed by atoms with Crippen LogP contribution < -0.4 is 0 Å². The van der Waals surface area contributed by atoms with Gasteiger partial charge in [0.05, 0.1) is 6.10 Å². The van der Waals surface area contributed by atoms with Gasteiger partial charge in [0.25, 0.3) is 0 Å². The van der Waals surface area contributed by atoms with Crippen LogP contribution in [-0.2, 0) is 6.42 Å². The lowest BCUT2D eigenvalue weighted by molar-refractivity contribution is 0.146. The monoisotopic (exact) mass is 210 g/mol. The van der Waals surface area contributed by atoms with Gasteiger partial charge in [-0.2, -0.15) is 0 Å². The van der Waals surface area contributed by atoms with Crippen LogP contribution in [-0.4, -0.2) is 5.11 Å². The van der Waals surface area contributed by atoms with Crippen molar-refractivity contribution in [3.05, 3.63) is 35.1 Å². The van der Waals surface area contributed by atoms with Crippen LogP contribution in [0.4, 0.5) is 4.39 Å². The van der Waals surface area contributed by atoms with Crippen molar-refractivity contribution in [3.63, 3.8) is 0 Å². The van der Waals surface area contributed by atoms with E-state index in [1.807, 2.05) is 20.8 Å². The quantitative estimate of drug-likeness (QED) is 0.806. The first-order valence-corrected chi connectivity index (χ1v) is 5.51. The van der Waals surface area contributed by atoms with E-state index in [4.69, 9.17) is 0 Å². The van der Waals surface area contributed by atoms with Gasteiger partial charge in [-0.15, -0.1) is 0 Å². The second kappa shape index (κ2) is 5.26. The predicted octanol–water partition coefficient (Wildman–Crippen LogP) is 3.47. The summed E-state index contributed by atoms with van der Waals surface area (Å²) in [5.41, 5.74) is 1.50. The summed E-state index contributed by atoms with van der Waals surface area (Å²) in [5, 5.41) is 9.85. The fraction of sp³-hybridized carbons (Fsp3) is 0.538. The first kappa shape index (κ1) is 12.2. The molecule has 1 aromatic carbocycles. The molecule has 0 saturated carbocycles. The van der Waals surface area contributed by atoms with Crippen LogP contribution in [0.1, 0.15) is 44.4 Å². The number of hydrogen-bond donors (Lipinski definition) is 1. The summed E-state index contributed by atoms with van der Waals surface area (Å²) < 4.78 is 13.4. The highest BCUT2D eigenvalue weighted by Crippen LogP contribution is 2.24. The van der Waals surface area contributed by atoms with Gasteiger partial charge in [-0.05, 0) is 30.4 Å². The van der Waals surface area contributed by atoms with Gasteiger partial charge in [-0.25, -0.2) is 4.39 Å². The topological polar surface area (TPSA) is 20.2 Å². The normalized spacial score (nSPS) is 13.2. The molecule has 0 amide bonds. The van der Waals surface area contributed by atoms with Gasteiger partial charge in [0.1, 0.15) is 5.82 Å². The van der Waals surface area contributed by atoms with Gasteiger partial charge in [0.2, 0.25) is 0 Å². The Kier molecular flexibility index (Phi) is 4.28. The molecule has 15 heavy (non-hydrogen) atoms. The number of aliphatic hydroxyl groups excluding tert-OH is 1. The van der Waals surface area contributed by atoms with Crippen LogP contribution in [0.15, 0.2) is 18.2 Å². The zero-order valence-electron chi connectivity index (χ0n) is 9.63. The molecule has 84 valence electrons. The number of benzene rings is 1. The molecule has 0 aliphatic rings. The minimum atomic E-state index is -0.684. The van der Waals surface area contributed by atoms with Crippen molar-refractivity contribution in [2.45, 2.75) is 39.7 Å². The summed E-state index contributed by atoms with van der Waals surface area (Å²) in [6, 6.07) is 4.97. The van der Waals surface area contributed by atoms with E-state index in [2.05, 4.69) is 0 Å². The molecule has 1 aromatic rings. The first-order chi connectivity index (χ1) is 7.04. The van der Waals surface area contributed by atoms with Crippen LogP contribution in [0.2, 0.25) is 0 Å². The van der Waals surface area contributed by atoms with E-state index in [1.165, 1.54) is 6.07 Å². The number of hydrogen-bond acceptors (Lipinski definition) is 1. The van der Waals surface area contributed by atoms with Crippen LogP contribution in [0, 0.1) is 11.7 Å². The van der Waals surface area contributed by atoms with Crippen molar-refractivity contribution >= 4 is 0 Å². The minimum Gasteiger partial charge on any atom is -0.388 e. The van der Waals surface area contributed by atoms with Crippen LogP contribution in [0.25, 0.3) is 0 Å². The smallest absolute Gasteiger partial charge is 0.129 e. The third-order valence-corrected chi connectivity index (χ3v) is 2.52. The summed E-state index contributed by atoms with van der Waals surface area (Å²) >= 11 is 0. The highest BCUT2D eigenvalue weighted by Gasteiger charge is 2.14. The van der Waals surface area contributed by atoms with Gasteiger partial charge in [0.15, 0.2) is 0 Å². The Morgan fingerprint density at radius 1 is 1.33 bits per heavy atom. The van der Waals surface area contributed by atoms with Gasteiger partial charge in [0, 0.05) is 5.56 Å². The molecule has 2 heteroatoms. The molecule has 0 heterocycles. The fourth-order valence-corrected chi connectivity index (χ4v) is 1.64. The molecule has 0 fully saturated rings.